The van der Waals surface area contributed by atoms with E-state index in [-0.39, 0.29) is 5.91 Å². The van der Waals surface area contributed by atoms with Crippen LogP contribution in [0.4, 0.5) is 0 Å². The van der Waals surface area contributed by atoms with E-state index in [0.717, 1.165) is 12.8 Å². The zero-order valence-corrected chi connectivity index (χ0v) is 8.70. The zero-order chi connectivity index (χ0) is 10.7. The van der Waals surface area contributed by atoms with Crippen molar-refractivity contribution in [3.63, 3.8) is 0 Å². The smallest absolute Gasteiger partial charge is 0.235 e. The van der Waals surface area contributed by atoms with Gasteiger partial charge in [-0.3, -0.25) is 10.2 Å². The highest BCUT2D eigenvalue weighted by Crippen LogP contribution is 2.19. The number of nitrogens with two attached hydrogens (primary N) is 1. The molecule has 0 atom stereocenters. The highest BCUT2D eigenvalue weighted by atomic mass is 16.2. The van der Waals surface area contributed by atoms with Gasteiger partial charge in [-0.25, -0.2) is 10.8 Å². The number of hydrazine groups is 1. The van der Waals surface area contributed by atoms with Gasteiger partial charge in [-0.15, -0.1) is 0 Å². The predicted octanol–water partition coefficient (Wildman–Crippen LogP) is 0.142. The van der Waals surface area contributed by atoms with Gasteiger partial charge in [0.25, 0.3) is 0 Å². The largest absolute Gasteiger partial charge is 0.334 e. The van der Waals surface area contributed by atoms with Crippen LogP contribution < -0.4 is 11.3 Å². The Morgan fingerprint density at radius 1 is 1.53 bits per heavy atom. The van der Waals surface area contributed by atoms with Crippen LogP contribution >= 0.6 is 0 Å². The molecule has 0 spiro atoms. The molecule has 0 bridgehead atoms. The summed E-state index contributed by atoms with van der Waals surface area (Å²) in [6.45, 7) is 0.672. The van der Waals surface area contributed by atoms with Crippen LogP contribution in [0.5, 0.6) is 0 Å². The Morgan fingerprint density at radius 2 is 2.33 bits per heavy atom. The standard InChI is InChI=1S/C10H16N4O/c11-13-10(15)5-6-14-7-12-8-3-1-2-4-9(8)14/h7H,1-6,11H2,(H,13,15). The number of imidazole rings is 1. The number of carbonyl (C=O) groups is 1. The Morgan fingerprint density at radius 3 is 3.13 bits per heavy atom. The number of aryl methyl sites for hydroxylation is 2. The molecule has 1 aliphatic carbocycles. The summed E-state index contributed by atoms with van der Waals surface area (Å²) in [6, 6.07) is 0. The molecule has 1 aliphatic rings. The first-order chi connectivity index (χ1) is 7.31. The van der Waals surface area contributed by atoms with Crippen LogP contribution in [-0.4, -0.2) is 15.5 Å². The topological polar surface area (TPSA) is 72.9 Å². The molecule has 5 nitrogen and oxygen atoms in total. The number of nitrogens with one attached hydrogen (secondary N) is 1. The minimum absolute atomic E-state index is 0.131. The van der Waals surface area contributed by atoms with Crippen molar-refractivity contribution in [1.82, 2.24) is 15.0 Å². The lowest BCUT2D eigenvalue weighted by atomic mass is 10.0. The minimum Gasteiger partial charge on any atom is -0.334 e. The van der Waals surface area contributed by atoms with Gasteiger partial charge in [-0.1, -0.05) is 0 Å². The van der Waals surface area contributed by atoms with Crippen LogP contribution in [-0.2, 0) is 24.2 Å². The molecule has 0 aliphatic heterocycles. The van der Waals surface area contributed by atoms with E-state index in [1.54, 1.807) is 0 Å². The first-order valence-electron chi connectivity index (χ1n) is 5.33. The van der Waals surface area contributed by atoms with Gasteiger partial charge in [-0.2, -0.15) is 0 Å². The second-order valence-electron chi connectivity index (χ2n) is 3.86. The molecule has 82 valence electrons. The molecule has 0 saturated heterocycles. The summed E-state index contributed by atoms with van der Waals surface area (Å²) >= 11 is 0. The van der Waals surface area contributed by atoms with Crippen LogP contribution in [0.25, 0.3) is 0 Å². The average Bonchev–Trinajstić information content (AvgIpc) is 2.69. The Balaban J connectivity index is 2.02. The minimum atomic E-state index is -0.131. The van der Waals surface area contributed by atoms with Crippen LogP contribution in [0.1, 0.15) is 30.7 Å². The van der Waals surface area contributed by atoms with Gasteiger partial charge in [0.1, 0.15) is 0 Å². The predicted molar refractivity (Wildman–Crippen MR) is 55.8 cm³/mol. The highest BCUT2D eigenvalue weighted by Gasteiger charge is 2.15. The maximum Gasteiger partial charge on any atom is 0.235 e. The van der Waals surface area contributed by atoms with Crippen LogP contribution in [0.15, 0.2) is 6.33 Å². The molecule has 3 N–H and O–H groups in total. The molecule has 0 aromatic carbocycles. The number of amides is 1. The van der Waals surface area contributed by atoms with Crippen LogP contribution in [0, 0.1) is 0 Å². The number of hydrogen-bond acceptors (Lipinski definition) is 3. The third-order valence-electron chi connectivity index (χ3n) is 2.85. The second-order valence-corrected chi connectivity index (χ2v) is 3.86. The fourth-order valence-corrected chi connectivity index (χ4v) is 2.02. The van der Waals surface area contributed by atoms with E-state index in [1.165, 1.54) is 24.2 Å². The van der Waals surface area contributed by atoms with Crippen molar-refractivity contribution in [3.8, 4) is 0 Å². The third kappa shape index (κ3) is 2.18. The number of aromatic nitrogens is 2. The summed E-state index contributed by atoms with van der Waals surface area (Å²) in [4.78, 5) is 15.4. The maximum atomic E-state index is 11.0. The Bertz CT molecular complexity index is 358. The molecule has 0 fully saturated rings. The molecular weight excluding hydrogens is 192 g/mol. The summed E-state index contributed by atoms with van der Waals surface area (Å²) < 4.78 is 2.07. The summed E-state index contributed by atoms with van der Waals surface area (Å²) in [5, 5.41) is 0. The highest BCUT2D eigenvalue weighted by molar-refractivity contribution is 5.75. The van der Waals surface area contributed by atoms with Crippen molar-refractivity contribution in [3.05, 3.63) is 17.7 Å². The molecule has 1 aromatic heterocycles. The second kappa shape index (κ2) is 4.44. The van der Waals surface area contributed by atoms with Crippen molar-refractivity contribution >= 4 is 5.91 Å². The first kappa shape index (κ1) is 10.2. The number of hydrogen-bond donors (Lipinski definition) is 2. The van der Waals surface area contributed by atoms with E-state index < -0.39 is 0 Å². The van der Waals surface area contributed by atoms with Crippen molar-refractivity contribution in [2.24, 2.45) is 5.84 Å². The third-order valence-corrected chi connectivity index (χ3v) is 2.85. The maximum absolute atomic E-state index is 11.0. The Hall–Kier alpha value is -1.36. The van der Waals surface area contributed by atoms with E-state index in [1.807, 2.05) is 6.33 Å². The summed E-state index contributed by atoms with van der Waals surface area (Å²) in [6.07, 6.45) is 6.86. The fourth-order valence-electron chi connectivity index (χ4n) is 2.02. The normalized spacial score (nSPS) is 14.7. The van der Waals surface area contributed by atoms with Gasteiger partial charge in [0, 0.05) is 18.7 Å². The molecule has 1 heterocycles. The Labute approximate surface area is 88.6 Å². The SMILES string of the molecule is NNC(=O)CCn1cnc2c1CCCC2. The number of carbonyl (C=O) groups excluding carboxylic acids is 1. The van der Waals surface area contributed by atoms with Gasteiger partial charge in [0.2, 0.25) is 5.91 Å². The lowest BCUT2D eigenvalue weighted by Gasteiger charge is -2.13. The Kier molecular flexibility index (Phi) is 3.01. The molecule has 1 amide bonds. The summed E-state index contributed by atoms with van der Waals surface area (Å²) in [5.74, 6) is 4.89. The van der Waals surface area contributed by atoms with Crippen molar-refractivity contribution in [2.45, 2.75) is 38.6 Å². The van der Waals surface area contributed by atoms with Crippen molar-refractivity contribution in [1.29, 1.82) is 0 Å². The van der Waals surface area contributed by atoms with E-state index in [4.69, 9.17) is 5.84 Å². The number of fused-ring (bicyclic) bond motifs is 1. The van der Waals surface area contributed by atoms with E-state index in [0.29, 0.717) is 13.0 Å². The molecule has 0 unspecified atom stereocenters. The molecule has 0 radical (unpaired) electrons. The lowest BCUT2D eigenvalue weighted by Crippen LogP contribution is -2.30. The average molecular weight is 208 g/mol. The summed E-state index contributed by atoms with van der Waals surface area (Å²) in [5.41, 5.74) is 4.64. The lowest BCUT2D eigenvalue weighted by molar-refractivity contribution is -0.121. The first-order valence-corrected chi connectivity index (χ1v) is 5.33. The molecule has 0 saturated carbocycles. The molecule has 5 heteroatoms. The van der Waals surface area contributed by atoms with Gasteiger partial charge in [0.15, 0.2) is 0 Å². The monoisotopic (exact) mass is 208 g/mol. The van der Waals surface area contributed by atoms with E-state index >= 15 is 0 Å². The fraction of sp³-hybridized carbons (Fsp3) is 0.600. The van der Waals surface area contributed by atoms with Gasteiger partial charge < -0.3 is 4.57 Å². The molecule has 15 heavy (non-hydrogen) atoms. The quantitative estimate of drug-likeness (QED) is 0.421. The van der Waals surface area contributed by atoms with Crippen molar-refractivity contribution < 1.29 is 4.79 Å². The molecular formula is C10H16N4O. The molecule has 1 aromatic rings. The van der Waals surface area contributed by atoms with Crippen LogP contribution in [0.2, 0.25) is 0 Å². The number of rotatable bonds is 3. The van der Waals surface area contributed by atoms with Gasteiger partial charge in [-0.05, 0) is 25.7 Å². The molecule has 2 rings (SSSR count). The number of nitrogens with zero attached hydrogens (tertiary/aromatic N) is 2. The van der Waals surface area contributed by atoms with Gasteiger partial charge >= 0.3 is 0 Å². The van der Waals surface area contributed by atoms with E-state index in [9.17, 15) is 4.79 Å². The van der Waals surface area contributed by atoms with Crippen LogP contribution in [0.3, 0.4) is 0 Å². The van der Waals surface area contributed by atoms with Crippen molar-refractivity contribution in [2.75, 3.05) is 0 Å². The van der Waals surface area contributed by atoms with E-state index in [2.05, 4.69) is 15.0 Å². The zero-order valence-electron chi connectivity index (χ0n) is 8.70. The summed E-state index contributed by atoms with van der Waals surface area (Å²) in [7, 11) is 0. The van der Waals surface area contributed by atoms with Gasteiger partial charge in [0.05, 0.1) is 12.0 Å².